The molecule has 1 aliphatic rings. The Kier molecular flexibility index (Phi) is 3.87. The number of likely N-dealkylation sites (N-methyl/N-ethyl adjacent to an activating group) is 1. The SMILES string of the molecule is Cc1cc(C(=O)N(C)[C@H]2CNC[C@@H]2O)sc1Br. The first kappa shape index (κ1) is 13.0. The lowest BCUT2D eigenvalue weighted by atomic mass is 10.2. The van der Waals surface area contributed by atoms with E-state index in [1.807, 2.05) is 13.0 Å². The molecule has 1 saturated heterocycles. The fourth-order valence-corrected chi connectivity index (χ4v) is 3.45. The second kappa shape index (κ2) is 5.06. The zero-order chi connectivity index (χ0) is 12.6. The maximum Gasteiger partial charge on any atom is 0.264 e. The van der Waals surface area contributed by atoms with E-state index in [-0.39, 0.29) is 11.9 Å². The van der Waals surface area contributed by atoms with Crippen molar-refractivity contribution in [2.75, 3.05) is 20.1 Å². The van der Waals surface area contributed by atoms with Gasteiger partial charge in [-0.3, -0.25) is 4.79 Å². The minimum atomic E-state index is -0.478. The molecule has 2 atom stereocenters. The Morgan fingerprint density at radius 1 is 1.65 bits per heavy atom. The third-order valence-electron chi connectivity index (χ3n) is 3.04. The summed E-state index contributed by atoms with van der Waals surface area (Å²) in [6.07, 6.45) is -0.478. The number of nitrogens with one attached hydrogen (secondary N) is 1. The van der Waals surface area contributed by atoms with Gasteiger partial charge in [-0.25, -0.2) is 0 Å². The first-order valence-corrected chi connectivity index (χ1v) is 7.03. The molecule has 0 radical (unpaired) electrons. The third-order valence-corrected chi connectivity index (χ3v) is 5.16. The molecular weight excluding hydrogens is 304 g/mol. The second-order valence-electron chi connectivity index (χ2n) is 4.28. The van der Waals surface area contributed by atoms with Crippen LogP contribution in [0.1, 0.15) is 15.2 Å². The van der Waals surface area contributed by atoms with Crippen molar-refractivity contribution in [3.05, 3.63) is 20.3 Å². The predicted molar refractivity (Wildman–Crippen MR) is 71.5 cm³/mol. The summed E-state index contributed by atoms with van der Waals surface area (Å²) in [6, 6.07) is 1.74. The van der Waals surface area contributed by atoms with Crippen molar-refractivity contribution in [2.24, 2.45) is 0 Å². The Bertz CT molecular complexity index is 416. The summed E-state index contributed by atoms with van der Waals surface area (Å²) in [5.41, 5.74) is 1.07. The number of carbonyl (C=O) groups excluding carboxylic acids is 1. The highest BCUT2D eigenvalue weighted by Gasteiger charge is 2.32. The molecule has 0 saturated carbocycles. The molecule has 0 unspecified atom stereocenters. The fraction of sp³-hybridized carbons (Fsp3) is 0.545. The van der Waals surface area contributed by atoms with E-state index in [2.05, 4.69) is 21.2 Å². The quantitative estimate of drug-likeness (QED) is 0.862. The zero-order valence-corrected chi connectivity index (χ0v) is 12.1. The standard InChI is InChI=1S/C11H15BrN2O2S/c1-6-3-9(17-10(6)12)11(16)14(2)7-4-13-5-8(7)15/h3,7-8,13,15H,4-5H2,1-2H3/t7-,8-/m0/s1. The maximum absolute atomic E-state index is 12.2. The number of nitrogens with zero attached hydrogens (tertiary/aromatic N) is 1. The summed E-state index contributed by atoms with van der Waals surface area (Å²) in [4.78, 5) is 14.6. The Labute approximate surface area is 113 Å². The van der Waals surface area contributed by atoms with Crippen molar-refractivity contribution in [3.63, 3.8) is 0 Å². The molecule has 6 heteroatoms. The number of rotatable bonds is 2. The second-order valence-corrected chi connectivity index (χ2v) is 6.65. The van der Waals surface area contributed by atoms with Gasteiger partial charge in [-0.1, -0.05) is 0 Å². The maximum atomic E-state index is 12.2. The number of aliphatic hydroxyl groups is 1. The van der Waals surface area contributed by atoms with E-state index in [1.165, 1.54) is 11.3 Å². The lowest BCUT2D eigenvalue weighted by Gasteiger charge is -2.25. The molecule has 94 valence electrons. The lowest BCUT2D eigenvalue weighted by molar-refractivity contribution is 0.0585. The summed E-state index contributed by atoms with van der Waals surface area (Å²) < 4.78 is 0.986. The molecule has 1 aromatic heterocycles. The highest BCUT2D eigenvalue weighted by molar-refractivity contribution is 9.11. The van der Waals surface area contributed by atoms with Crippen LogP contribution < -0.4 is 5.32 Å². The van der Waals surface area contributed by atoms with Gasteiger partial charge in [-0.15, -0.1) is 11.3 Å². The third kappa shape index (κ3) is 2.54. The van der Waals surface area contributed by atoms with Gasteiger partial charge in [0.25, 0.3) is 5.91 Å². The summed E-state index contributed by atoms with van der Waals surface area (Å²) in [6.45, 7) is 3.16. The largest absolute Gasteiger partial charge is 0.390 e. The number of aryl methyl sites for hydroxylation is 1. The van der Waals surface area contributed by atoms with Gasteiger partial charge in [-0.2, -0.15) is 0 Å². The molecule has 4 nitrogen and oxygen atoms in total. The number of carbonyl (C=O) groups is 1. The summed E-state index contributed by atoms with van der Waals surface area (Å²) in [7, 11) is 1.74. The molecule has 17 heavy (non-hydrogen) atoms. The minimum absolute atomic E-state index is 0.0310. The topological polar surface area (TPSA) is 52.6 Å². The molecule has 0 bridgehead atoms. The van der Waals surface area contributed by atoms with Gasteiger partial charge in [0.1, 0.15) is 0 Å². The molecule has 1 aromatic rings. The van der Waals surface area contributed by atoms with Crippen LogP contribution in [0.4, 0.5) is 0 Å². The highest BCUT2D eigenvalue weighted by Crippen LogP contribution is 2.28. The Morgan fingerprint density at radius 2 is 2.35 bits per heavy atom. The van der Waals surface area contributed by atoms with Gasteiger partial charge in [0.15, 0.2) is 0 Å². The van der Waals surface area contributed by atoms with Crippen LogP contribution in [0.5, 0.6) is 0 Å². The Hall–Kier alpha value is -0.430. The van der Waals surface area contributed by atoms with Crippen LogP contribution in [0.15, 0.2) is 9.85 Å². The van der Waals surface area contributed by atoms with Crippen LogP contribution >= 0.6 is 27.3 Å². The summed E-state index contributed by atoms with van der Waals surface area (Å²) >= 11 is 4.85. The normalized spacial score (nSPS) is 24.0. The minimum Gasteiger partial charge on any atom is -0.390 e. The number of amides is 1. The van der Waals surface area contributed by atoms with E-state index < -0.39 is 6.10 Å². The number of β-amino-alcohol motifs (C(OH)–C–C–N with tert-alkyl or cyclic N) is 1. The molecule has 2 heterocycles. The van der Waals surface area contributed by atoms with Crippen LogP contribution in [-0.4, -0.2) is 48.2 Å². The smallest absolute Gasteiger partial charge is 0.264 e. The number of hydrogen-bond donors (Lipinski definition) is 2. The van der Waals surface area contributed by atoms with Crippen molar-refractivity contribution in [1.29, 1.82) is 0 Å². The predicted octanol–water partition coefficient (Wildman–Crippen LogP) is 1.22. The average molecular weight is 319 g/mol. The number of halogens is 1. The van der Waals surface area contributed by atoms with Gasteiger partial charge in [0, 0.05) is 20.1 Å². The molecule has 1 aliphatic heterocycles. The van der Waals surface area contributed by atoms with Gasteiger partial charge in [-0.05, 0) is 34.5 Å². The lowest BCUT2D eigenvalue weighted by Crippen LogP contribution is -2.44. The fourth-order valence-electron chi connectivity index (χ4n) is 1.94. The van der Waals surface area contributed by atoms with E-state index in [0.717, 1.165) is 9.35 Å². The van der Waals surface area contributed by atoms with E-state index in [1.54, 1.807) is 11.9 Å². The first-order chi connectivity index (χ1) is 8.00. The molecule has 1 amide bonds. The van der Waals surface area contributed by atoms with Crippen LogP contribution in [-0.2, 0) is 0 Å². The van der Waals surface area contributed by atoms with Crippen molar-refractivity contribution in [3.8, 4) is 0 Å². The molecule has 0 aliphatic carbocycles. The molecule has 2 rings (SSSR count). The van der Waals surface area contributed by atoms with Crippen LogP contribution in [0.25, 0.3) is 0 Å². The average Bonchev–Trinajstić information content (AvgIpc) is 2.84. The number of hydrogen-bond acceptors (Lipinski definition) is 4. The highest BCUT2D eigenvalue weighted by atomic mass is 79.9. The van der Waals surface area contributed by atoms with Gasteiger partial charge >= 0.3 is 0 Å². The molecule has 0 spiro atoms. The van der Waals surface area contributed by atoms with Gasteiger partial charge < -0.3 is 15.3 Å². The van der Waals surface area contributed by atoms with E-state index in [4.69, 9.17) is 0 Å². The molecule has 2 N–H and O–H groups in total. The van der Waals surface area contributed by atoms with Gasteiger partial charge in [0.2, 0.25) is 0 Å². The zero-order valence-electron chi connectivity index (χ0n) is 9.74. The van der Waals surface area contributed by atoms with Gasteiger partial charge in [0.05, 0.1) is 20.8 Å². The first-order valence-electron chi connectivity index (χ1n) is 5.42. The summed E-state index contributed by atoms with van der Waals surface area (Å²) in [5.74, 6) is -0.0310. The van der Waals surface area contributed by atoms with Crippen LogP contribution in [0, 0.1) is 6.92 Å². The van der Waals surface area contributed by atoms with Crippen molar-refractivity contribution < 1.29 is 9.90 Å². The number of aliphatic hydroxyl groups excluding tert-OH is 1. The van der Waals surface area contributed by atoms with Crippen molar-refractivity contribution in [1.82, 2.24) is 10.2 Å². The Balaban J connectivity index is 2.14. The van der Waals surface area contributed by atoms with E-state index in [9.17, 15) is 9.90 Å². The monoisotopic (exact) mass is 318 g/mol. The Morgan fingerprint density at radius 3 is 2.82 bits per heavy atom. The van der Waals surface area contributed by atoms with Crippen LogP contribution in [0.2, 0.25) is 0 Å². The van der Waals surface area contributed by atoms with E-state index >= 15 is 0 Å². The van der Waals surface area contributed by atoms with E-state index in [0.29, 0.717) is 18.0 Å². The molecular formula is C11H15BrN2O2S. The molecule has 0 aromatic carbocycles. The number of thiophene rings is 1. The van der Waals surface area contributed by atoms with Crippen LogP contribution in [0.3, 0.4) is 0 Å². The molecule has 1 fully saturated rings. The van der Waals surface area contributed by atoms with Crippen molar-refractivity contribution >= 4 is 33.2 Å². The summed E-state index contributed by atoms with van der Waals surface area (Å²) in [5, 5.41) is 12.8. The van der Waals surface area contributed by atoms with Crippen molar-refractivity contribution in [2.45, 2.75) is 19.1 Å².